The summed E-state index contributed by atoms with van der Waals surface area (Å²) < 4.78 is 105. The third-order valence-corrected chi connectivity index (χ3v) is 9.48. The summed E-state index contributed by atoms with van der Waals surface area (Å²) in [7, 11) is 0. The van der Waals surface area contributed by atoms with Crippen molar-refractivity contribution < 1.29 is 19.5 Å². The van der Waals surface area contributed by atoms with Gasteiger partial charge in [0.05, 0.1) is 15.1 Å². The third kappa shape index (κ3) is 4.86. The van der Waals surface area contributed by atoms with Gasteiger partial charge in [-0.15, -0.1) is 0 Å². The van der Waals surface area contributed by atoms with Crippen molar-refractivity contribution in [3.05, 3.63) is 194 Å². The van der Waals surface area contributed by atoms with Crippen LogP contribution in [0, 0.1) is 0 Å². The molecule has 1 nitrogen and oxygen atoms in total. The Balaban J connectivity index is 1.32. The van der Waals surface area contributed by atoms with Crippen LogP contribution in [-0.2, 0) is 0 Å². The predicted molar refractivity (Wildman–Crippen MR) is 216 cm³/mol. The second-order valence-corrected chi connectivity index (χ2v) is 12.3. The first kappa shape index (κ1) is 20.1. The molecule has 10 aromatic rings. The molecule has 0 radical (unpaired) electrons. The fourth-order valence-corrected chi connectivity index (χ4v) is 7.25. The molecule has 0 N–H and O–H groups in total. The molecular formula is C50H32O. The molecule has 0 bridgehead atoms. The zero-order valence-electron chi connectivity index (χ0n) is 38.0. The van der Waals surface area contributed by atoms with Crippen molar-refractivity contribution >= 4 is 43.5 Å². The Labute approximate surface area is 312 Å². The maximum Gasteiger partial charge on any atom is 0.136 e. The number of fused-ring (bicyclic) bond motifs is 5. The number of rotatable bonds is 5. The molecule has 0 spiro atoms. The van der Waals surface area contributed by atoms with Gasteiger partial charge >= 0.3 is 0 Å². The van der Waals surface area contributed by atoms with Crippen molar-refractivity contribution in [2.75, 3.05) is 0 Å². The van der Waals surface area contributed by atoms with E-state index in [0.717, 1.165) is 27.5 Å². The molecule has 0 aliphatic heterocycles. The molecule has 0 aliphatic carbocycles. The molecular weight excluding hydrogens is 617 g/mol. The molecule has 0 atom stereocenters. The van der Waals surface area contributed by atoms with E-state index in [0.29, 0.717) is 33.0 Å². The van der Waals surface area contributed by atoms with Gasteiger partial charge in [-0.25, -0.2) is 0 Å². The van der Waals surface area contributed by atoms with E-state index < -0.39 is 18.1 Å². The first-order chi connectivity index (χ1) is 29.9. The van der Waals surface area contributed by atoms with Gasteiger partial charge in [0.15, 0.2) is 0 Å². The summed E-state index contributed by atoms with van der Waals surface area (Å²) >= 11 is 0. The first-order valence-corrected chi connectivity index (χ1v) is 16.6. The van der Waals surface area contributed by atoms with Crippen molar-refractivity contribution in [3.8, 4) is 55.6 Å². The van der Waals surface area contributed by atoms with Crippen LogP contribution in [-0.4, -0.2) is 0 Å². The largest absolute Gasteiger partial charge is 0.456 e. The van der Waals surface area contributed by atoms with Gasteiger partial charge in [0.1, 0.15) is 11.2 Å². The minimum absolute atomic E-state index is 0.00233. The molecule has 0 aliphatic rings. The highest BCUT2D eigenvalue weighted by atomic mass is 16.3. The van der Waals surface area contributed by atoms with Crippen molar-refractivity contribution in [1.29, 1.82) is 0 Å². The van der Waals surface area contributed by atoms with Crippen LogP contribution < -0.4 is 0 Å². The van der Waals surface area contributed by atoms with Gasteiger partial charge < -0.3 is 4.42 Å². The minimum atomic E-state index is -0.470. The molecule has 0 amide bonds. The average molecular weight is 660 g/mol. The third-order valence-electron chi connectivity index (χ3n) is 9.48. The molecule has 0 fully saturated rings. The van der Waals surface area contributed by atoms with E-state index in [1.807, 2.05) is 97.1 Å². The number of benzene rings is 9. The zero-order valence-corrected chi connectivity index (χ0v) is 27.0. The van der Waals surface area contributed by atoms with Gasteiger partial charge in [0.2, 0.25) is 0 Å². The molecule has 10 rings (SSSR count). The second kappa shape index (κ2) is 12.0. The first-order valence-electron chi connectivity index (χ1n) is 22.1. The van der Waals surface area contributed by atoms with Crippen LogP contribution in [0.2, 0.25) is 0 Å². The SMILES string of the molecule is [2H]c1c([2H])c([2H])c(-c2ccc(-c3c4ccccc4c(-c4c([2H])c([2H])c([2H])c5oc6c([2H])c(-c7ccccc7)c([2H])c([2H])c6c45)c4ccccc34)cc2-c2ccccc2)c([2H])c1[2H]. The van der Waals surface area contributed by atoms with Crippen LogP contribution in [0.5, 0.6) is 0 Å². The molecule has 1 heteroatoms. The van der Waals surface area contributed by atoms with Crippen molar-refractivity contribution in [2.45, 2.75) is 0 Å². The maximum absolute atomic E-state index is 9.53. The van der Waals surface area contributed by atoms with Crippen LogP contribution in [0.3, 0.4) is 0 Å². The summed E-state index contributed by atoms with van der Waals surface area (Å²) in [6.45, 7) is 0. The molecule has 0 saturated carbocycles. The van der Waals surface area contributed by atoms with E-state index in [2.05, 4.69) is 0 Å². The quantitative estimate of drug-likeness (QED) is 0.168. The van der Waals surface area contributed by atoms with Crippen LogP contribution >= 0.6 is 0 Å². The average Bonchev–Trinajstić information content (AvgIpc) is 3.70. The van der Waals surface area contributed by atoms with E-state index in [-0.39, 0.29) is 87.0 Å². The van der Waals surface area contributed by atoms with Crippen molar-refractivity contribution in [3.63, 3.8) is 0 Å². The summed E-state index contributed by atoms with van der Waals surface area (Å²) in [6, 6.07) is 35.9. The normalized spacial score (nSPS) is 14.5. The summed E-state index contributed by atoms with van der Waals surface area (Å²) in [5.74, 6) is 0. The monoisotopic (exact) mass is 659 g/mol. The van der Waals surface area contributed by atoms with Crippen LogP contribution in [0.25, 0.3) is 99.1 Å². The highest BCUT2D eigenvalue weighted by molar-refractivity contribution is 6.25. The molecule has 9 aromatic carbocycles. The van der Waals surface area contributed by atoms with Gasteiger partial charge in [-0.2, -0.15) is 0 Å². The molecule has 1 heterocycles. The van der Waals surface area contributed by atoms with E-state index in [9.17, 15) is 4.11 Å². The fraction of sp³-hybridized carbons (Fsp3) is 0. The summed E-state index contributed by atoms with van der Waals surface area (Å²) in [5, 5.41) is 3.29. The second-order valence-electron chi connectivity index (χ2n) is 12.3. The maximum atomic E-state index is 9.53. The highest BCUT2D eigenvalue weighted by Gasteiger charge is 2.21. The van der Waals surface area contributed by atoms with E-state index in [1.54, 1.807) is 30.3 Å². The summed E-state index contributed by atoms with van der Waals surface area (Å²) in [6.07, 6.45) is 0. The van der Waals surface area contributed by atoms with E-state index in [1.165, 1.54) is 0 Å². The number of furan rings is 1. The molecule has 0 unspecified atom stereocenters. The smallest absolute Gasteiger partial charge is 0.136 e. The standard InChI is InChI=1S/C50H32O/c1-4-15-33(16-5-1)36-27-30-43-47(32-36)51-46-26-14-25-44(50(43)46)49-41-23-12-10-21-39(41)48(40-22-11-13-24-42(40)49)37-28-29-38(34-17-6-2-7-18-34)45(31-37)35-19-8-3-9-20-35/h1-32H/i2D,6D,7D,14D,17D,18D,25D,26D,27D,30D,32D. The zero-order chi connectivity index (χ0) is 43.3. The predicted octanol–water partition coefficient (Wildman–Crippen LogP) is 14.2. The van der Waals surface area contributed by atoms with E-state index >= 15 is 0 Å². The fourth-order valence-electron chi connectivity index (χ4n) is 7.25. The van der Waals surface area contributed by atoms with Crippen molar-refractivity contribution in [2.24, 2.45) is 0 Å². The lowest BCUT2D eigenvalue weighted by atomic mass is 9.83. The van der Waals surface area contributed by atoms with Crippen LogP contribution in [0.4, 0.5) is 0 Å². The van der Waals surface area contributed by atoms with Gasteiger partial charge in [0.25, 0.3) is 0 Å². The van der Waals surface area contributed by atoms with Crippen molar-refractivity contribution in [1.82, 2.24) is 0 Å². The van der Waals surface area contributed by atoms with Crippen LogP contribution in [0.1, 0.15) is 15.1 Å². The lowest BCUT2D eigenvalue weighted by molar-refractivity contribution is 0.669. The molecule has 0 saturated heterocycles. The summed E-state index contributed by atoms with van der Waals surface area (Å²) in [4.78, 5) is 0. The molecule has 1 aromatic heterocycles. The highest BCUT2D eigenvalue weighted by Crippen LogP contribution is 2.48. The number of hydrogen-bond acceptors (Lipinski definition) is 1. The Hall–Kier alpha value is -6.70. The van der Waals surface area contributed by atoms with Gasteiger partial charge in [-0.05, 0) is 101 Å². The Morgan fingerprint density at radius 3 is 1.67 bits per heavy atom. The summed E-state index contributed by atoms with van der Waals surface area (Å²) in [5.41, 5.74) is 5.12. The van der Waals surface area contributed by atoms with Crippen LogP contribution in [0.15, 0.2) is 198 Å². The minimum Gasteiger partial charge on any atom is -0.456 e. The lowest BCUT2D eigenvalue weighted by Gasteiger charge is -2.19. The number of hydrogen-bond donors (Lipinski definition) is 0. The Bertz CT molecular complexity index is 3440. The van der Waals surface area contributed by atoms with Gasteiger partial charge in [-0.3, -0.25) is 0 Å². The Morgan fingerprint density at radius 2 is 0.980 bits per heavy atom. The van der Waals surface area contributed by atoms with Gasteiger partial charge in [0, 0.05) is 10.8 Å². The Kier molecular flexibility index (Phi) is 4.73. The topological polar surface area (TPSA) is 13.1 Å². The lowest BCUT2D eigenvalue weighted by Crippen LogP contribution is -1.93. The van der Waals surface area contributed by atoms with Gasteiger partial charge in [-0.1, -0.05) is 170 Å². The molecule has 51 heavy (non-hydrogen) atoms. The van der Waals surface area contributed by atoms with E-state index in [4.69, 9.17) is 15.4 Å². The molecule has 238 valence electrons. The Morgan fingerprint density at radius 1 is 0.353 bits per heavy atom.